The average Bonchev–Trinajstić information content (AvgIpc) is 2.80. The lowest BCUT2D eigenvalue weighted by Gasteiger charge is -2.00. The summed E-state index contributed by atoms with van der Waals surface area (Å²) in [5, 5.41) is 0. The third kappa shape index (κ3) is 2.48. The SMILES string of the molecule is CCOC[C@@H]1C[C@H]1C(=O)OCC. The fourth-order valence-corrected chi connectivity index (χ4v) is 1.24. The Hall–Kier alpha value is -0.570. The van der Waals surface area contributed by atoms with Gasteiger partial charge >= 0.3 is 5.97 Å². The molecule has 1 aliphatic carbocycles. The van der Waals surface area contributed by atoms with E-state index in [9.17, 15) is 4.79 Å². The Morgan fingerprint density at radius 3 is 2.75 bits per heavy atom. The van der Waals surface area contributed by atoms with Gasteiger partial charge in [-0.3, -0.25) is 4.79 Å². The van der Waals surface area contributed by atoms with E-state index in [-0.39, 0.29) is 11.9 Å². The van der Waals surface area contributed by atoms with Gasteiger partial charge in [-0.15, -0.1) is 0 Å². The van der Waals surface area contributed by atoms with Gasteiger partial charge in [0, 0.05) is 6.61 Å². The van der Waals surface area contributed by atoms with Crippen LogP contribution in [-0.2, 0) is 14.3 Å². The van der Waals surface area contributed by atoms with Crippen molar-refractivity contribution in [1.29, 1.82) is 0 Å². The summed E-state index contributed by atoms with van der Waals surface area (Å²) in [6.45, 7) is 5.71. The number of carbonyl (C=O) groups is 1. The first-order valence-corrected chi connectivity index (χ1v) is 4.54. The van der Waals surface area contributed by atoms with E-state index < -0.39 is 0 Å². The van der Waals surface area contributed by atoms with Crippen molar-refractivity contribution in [3.63, 3.8) is 0 Å². The molecule has 1 saturated carbocycles. The number of esters is 1. The second-order valence-electron chi connectivity index (χ2n) is 3.01. The summed E-state index contributed by atoms with van der Waals surface area (Å²) in [5.74, 6) is 0.489. The van der Waals surface area contributed by atoms with Crippen LogP contribution in [0.5, 0.6) is 0 Å². The molecule has 0 N–H and O–H groups in total. The van der Waals surface area contributed by atoms with Gasteiger partial charge in [-0.2, -0.15) is 0 Å². The zero-order chi connectivity index (χ0) is 8.97. The molecule has 0 bridgehead atoms. The molecule has 12 heavy (non-hydrogen) atoms. The van der Waals surface area contributed by atoms with Crippen LogP contribution in [0.3, 0.4) is 0 Å². The maximum absolute atomic E-state index is 11.1. The minimum atomic E-state index is -0.0535. The highest BCUT2D eigenvalue weighted by molar-refractivity contribution is 5.75. The first kappa shape index (κ1) is 9.52. The normalized spacial score (nSPS) is 26.8. The average molecular weight is 172 g/mol. The van der Waals surface area contributed by atoms with Gasteiger partial charge in [0.05, 0.1) is 19.1 Å². The Morgan fingerprint density at radius 1 is 1.42 bits per heavy atom. The molecule has 0 aliphatic heterocycles. The molecule has 0 radical (unpaired) electrons. The lowest BCUT2D eigenvalue weighted by atomic mass is 10.3. The van der Waals surface area contributed by atoms with Crippen LogP contribution in [0, 0.1) is 11.8 Å². The molecule has 0 spiro atoms. The Bertz CT molecular complexity index is 156. The molecule has 0 aromatic heterocycles. The topological polar surface area (TPSA) is 35.5 Å². The highest BCUT2D eigenvalue weighted by Gasteiger charge is 2.43. The van der Waals surface area contributed by atoms with E-state index in [0.29, 0.717) is 19.1 Å². The van der Waals surface area contributed by atoms with Gasteiger partial charge < -0.3 is 9.47 Å². The molecule has 2 atom stereocenters. The molecular weight excluding hydrogens is 156 g/mol. The van der Waals surface area contributed by atoms with E-state index >= 15 is 0 Å². The number of hydrogen-bond acceptors (Lipinski definition) is 3. The molecular formula is C9H16O3. The fourth-order valence-electron chi connectivity index (χ4n) is 1.24. The summed E-state index contributed by atoms with van der Waals surface area (Å²) in [5.41, 5.74) is 0. The van der Waals surface area contributed by atoms with Crippen LogP contribution in [-0.4, -0.2) is 25.8 Å². The summed E-state index contributed by atoms with van der Waals surface area (Å²) >= 11 is 0. The first-order valence-electron chi connectivity index (χ1n) is 4.54. The molecule has 70 valence electrons. The first-order chi connectivity index (χ1) is 5.79. The summed E-state index contributed by atoms with van der Waals surface area (Å²) in [6.07, 6.45) is 0.943. The molecule has 0 heterocycles. The summed E-state index contributed by atoms with van der Waals surface area (Å²) in [7, 11) is 0. The van der Waals surface area contributed by atoms with E-state index in [1.54, 1.807) is 0 Å². The van der Waals surface area contributed by atoms with E-state index in [0.717, 1.165) is 13.0 Å². The van der Waals surface area contributed by atoms with Crippen molar-refractivity contribution in [3.8, 4) is 0 Å². The van der Waals surface area contributed by atoms with Crippen LogP contribution in [0.15, 0.2) is 0 Å². The second-order valence-corrected chi connectivity index (χ2v) is 3.01. The van der Waals surface area contributed by atoms with Gasteiger partial charge in [0.15, 0.2) is 0 Å². The number of ether oxygens (including phenoxy) is 2. The molecule has 0 aromatic carbocycles. The second kappa shape index (κ2) is 4.45. The third-order valence-corrected chi connectivity index (χ3v) is 2.05. The zero-order valence-electron chi connectivity index (χ0n) is 7.71. The lowest BCUT2D eigenvalue weighted by Crippen LogP contribution is -2.09. The van der Waals surface area contributed by atoms with Crippen LogP contribution in [0.1, 0.15) is 20.3 Å². The lowest BCUT2D eigenvalue weighted by molar-refractivity contribution is -0.145. The summed E-state index contributed by atoms with van der Waals surface area (Å²) in [4.78, 5) is 11.1. The molecule has 0 aromatic rings. The quantitative estimate of drug-likeness (QED) is 0.585. The smallest absolute Gasteiger partial charge is 0.309 e. The van der Waals surface area contributed by atoms with Crippen molar-refractivity contribution in [3.05, 3.63) is 0 Å². The molecule has 1 rings (SSSR count). The minimum absolute atomic E-state index is 0.0535. The van der Waals surface area contributed by atoms with Gasteiger partial charge in [-0.1, -0.05) is 0 Å². The van der Waals surface area contributed by atoms with Crippen LogP contribution < -0.4 is 0 Å². The maximum Gasteiger partial charge on any atom is 0.309 e. The van der Waals surface area contributed by atoms with Crippen molar-refractivity contribution < 1.29 is 14.3 Å². The molecule has 0 amide bonds. The van der Waals surface area contributed by atoms with Crippen LogP contribution in [0.2, 0.25) is 0 Å². The number of hydrogen-bond donors (Lipinski definition) is 0. The third-order valence-electron chi connectivity index (χ3n) is 2.05. The highest BCUT2D eigenvalue weighted by Crippen LogP contribution is 2.39. The monoisotopic (exact) mass is 172 g/mol. The molecule has 3 nitrogen and oxygen atoms in total. The summed E-state index contributed by atoms with van der Waals surface area (Å²) < 4.78 is 10.1. The predicted octanol–water partition coefficient (Wildman–Crippen LogP) is 1.22. The van der Waals surface area contributed by atoms with Crippen molar-refractivity contribution in [2.45, 2.75) is 20.3 Å². The van der Waals surface area contributed by atoms with Crippen molar-refractivity contribution in [2.24, 2.45) is 11.8 Å². The van der Waals surface area contributed by atoms with Gasteiger partial charge in [0.1, 0.15) is 0 Å². The van der Waals surface area contributed by atoms with E-state index in [1.807, 2.05) is 13.8 Å². The van der Waals surface area contributed by atoms with Crippen molar-refractivity contribution in [2.75, 3.05) is 19.8 Å². The molecule has 1 fully saturated rings. The van der Waals surface area contributed by atoms with Crippen LogP contribution in [0.4, 0.5) is 0 Å². The number of rotatable bonds is 5. The Labute approximate surface area is 73.0 Å². The summed E-state index contributed by atoms with van der Waals surface area (Å²) in [6, 6.07) is 0. The van der Waals surface area contributed by atoms with Gasteiger partial charge in [-0.05, 0) is 26.2 Å². The van der Waals surface area contributed by atoms with Gasteiger partial charge in [0.2, 0.25) is 0 Å². The van der Waals surface area contributed by atoms with Crippen molar-refractivity contribution >= 4 is 5.97 Å². The Morgan fingerprint density at radius 2 is 2.17 bits per heavy atom. The highest BCUT2D eigenvalue weighted by atomic mass is 16.5. The van der Waals surface area contributed by atoms with E-state index in [2.05, 4.69) is 0 Å². The van der Waals surface area contributed by atoms with Crippen LogP contribution >= 0.6 is 0 Å². The number of carbonyl (C=O) groups excluding carboxylic acids is 1. The molecule has 0 unspecified atom stereocenters. The molecule has 0 saturated heterocycles. The molecule has 1 aliphatic rings. The predicted molar refractivity (Wildman–Crippen MR) is 44.7 cm³/mol. The van der Waals surface area contributed by atoms with E-state index in [1.165, 1.54) is 0 Å². The largest absolute Gasteiger partial charge is 0.466 e. The van der Waals surface area contributed by atoms with E-state index in [4.69, 9.17) is 9.47 Å². The van der Waals surface area contributed by atoms with Crippen LogP contribution in [0.25, 0.3) is 0 Å². The van der Waals surface area contributed by atoms with Gasteiger partial charge in [-0.25, -0.2) is 0 Å². The standard InChI is InChI=1S/C9H16O3/c1-3-11-6-7-5-8(7)9(10)12-4-2/h7-8H,3-6H2,1-2H3/t7-,8+/m0/s1. The fraction of sp³-hybridized carbons (Fsp3) is 0.889. The Kier molecular flexibility index (Phi) is 3.53. The minimum Gasteiger partial charge on any atom is -0.466 e. The zero-order valence-corrected chi connectivity index (χ0v) is 7.71. The molecule has 3 heteroatoms. The van der Waals surface area contributed by atoms with Gasteiger partial charge in [0.25, 0.3) is 0 Å². The Balaban J connectivity index is 2.10. The maximum atomic E-state index is 11.1. The van der Waals surface area contributed by atoms with Crippen molar-refractivity contribution in [1.82, 2.24) is 0 Å².